The molecule has 0 spiro atoms. The average Bonchev–Trinajstić information content (AvgIpc) is 4.37. The molecule has 8 N–H and O–H groups in total. The zero-order valence-electron chi connectivity index (χ0n) is 45.7. The highest BCUT2D eigenvalue weighted by atomic mass is 32.1. The molecule has 3 aliphatic heterocycles. The van der Waals surface area contributed by atoms with Gasteiger partial charge in [0.2, 0.25) is 35.4 Å². The van der Waals surface area contributed by atoms with E-state index in [1.807, 2.05) is 73.7 Å². The Kier molecular flexibility index (Phi) is 20.4. The van der Waals surface area contributed by atoms with E-state index in [0.29, 0.717) is 41.5 Å². The van der Waals surface area contributed by atoms with Crippen LogP contribution in [0.3, 0.4) is 0 Å². The maximum Gasteiger partial charge on any atom is 0.399 e. The number of alkyl halides is 2. The number of halogens is 2. The highest BCUT2D eigenvalue weighted by molar-refractivity contribution is 7.52. The van der Waals surface area contributed by atoms with Gasteiger partial charge < -0.3 is 46.0 Å². The number of unbranched alkanes of at least 4 members (excludes halogenated alkanes) is 5. The predicted octanol–water partition coefficient (Wildman–Crippen LogP) is 6.82. The Morgan fingerprint density at radius 2 is 1.58 bits per heavy atom. The Labute approximate surface area is 482 Å². The van der Waals surface area contributed by atoms with E-state index in [2.05, 4.69) is 33.1 Å². The Hall–Kier alpha value is -7.67. The number of nitrogens with one attached hydrogen (secondary N) is 4. The fraction of sp³-hybridized carbons (Fsp3) is 0.400. The second-order valence-corrected chi connectivity index (χ2v) is 23.6. The Bertz CT molecular complexity index is 3310. The summed E-state index contributed by atoms with van der Waals surface area (Å²) in [5, 5.41) is 11.1. The van der Waals surface area contributed by atoms with E-state index in [1.165, 1.54) is 21.9 Å². The molecule has 1 aromatic heterocycles. The maximum absolute atomic E-state index is 14.9. The number of thiophene rings is 1. The van der Waals surface area contributed by atoms with Crippen molar-refractivity contribution in [3.8, 4) is 11.8 Å². The van der Waals surface area contributed by atoms with Crippen LogP contribution in [-0.2, 0) is 50.3 Å². The summed E-state index contributed by atoms with van der Waals surface area (Å²) in [6, 6.07) is 22.9. The van der Waals surface area contributed by atoms with Crippen molar-refractivity contribution in [1.29, 1.82) is 0 Å². The second kappa shape index (κ2) is 27.6. The van der Waals surface area contributed by atoms with Gasteiger partial charge in [0.15, 0.2) is 0 Å². The van der Waals surface area contributed by atoms with Crippen LogP contribution < -0.4 is 27.0 Å². The molecule has 5 atom stereocenters. The summed E-state index contributed by atoms with van der Waals surface area (Å²) in [7, 11) is -5.88. The number of imide groups is 1. The smallest absolute Gasteiger partial charge is 0.376 e. The average molecular weight is 1180 g/mol. The number of amides is 8. The van der Waals surface area contributed by atoms with Gasteiger partial charge in [0.25, 0.3) is 11.8 Å². The van der Waals surface area contributed by atoms with Crippen LogP contribution in [0.4, 0.5) is 8.78 Å². The predicted molar refractivity (Wildman–Crippen MR) is 304 cm³/mol. The molecule has 8 rings (SSSR count). The van der Waals surface area contributed by atoms with Gasteiger partial charge in [-0.2, -0.15) is 8.78 Å². The van der Waals surface area contributed by atoms with Crippen molar-refractivity contribution in [2.75, 3.05) is 13.2 Å². The number of rotatable bonds is 25. The molecule has 2 fully saturated rings. The number of primary amides is 1. The largest absolute Gasteiger partial charge is 0.399 e. The number of nitrogens with two attached hydrogens (primary N) is 1. The van der Waals surface area contributed by atoms with Crippen LogP contribution in [0.25, 0.3) is 10.1 Å². The SMILES string of the molecule is CCCC[C@H](NC(=O)c1cc2cc(C(F)(F)P(=O)(O)O)ccc2s1)C(=O)N1C[C@H](OCCCCCCC#Cc2cccc3c2CN(C2CCC(=O)NC2=O)C3=O)C[C@H]1C(=O)N[C@@H](CCC(N)=O)C(=O)NC(c1ccccc1)c1ccccc1. The van der Waals surface area contributed by atoms with Gasteiger partial charge in [-0.15, -0.1) is 11.3 Å². The highest BCUT2D eigenvalue weighted by Crippen LogP contribution is 2.59. The lowest BCUT2D eigenvalue weighted by Gasteiger charge is -2.30. The molecular weight excluding hydrogens is 1110 g/mol. The second-order valence-electron chi connectivity index (χ2n) is 20.9. The van der Waals surface area contributed by atoms with Crippen molar-refractivity contribution in [3.63, 3.8) is 0 Å². The molecule has 5 aromatic rings. The minimum absolute atomic E-state index is 0.0143. The number of carbonyl (C=O) groups excluding carboxylic acids is 8. The minimum atomic E-state index is -5.88. The van der Waals surface area contributed by atoms with Crippen molar-refractivity contribution in [1.82, 2.24) is 31.1 Å². The van der Waals surface area contributed by atoms with Crippen LogP contribution in [0.1, 0.15) is 144 Å². The molecule has 2 saturated heterocycles. The summed E-state index contributed by atoms with van der Waals surface area (Å²) in [5.74, 6) is 1.92. The molecule has 23 heteroatoms. The third-order valence-corrected chi connectivity index (χ3v) is 17.1. The molecule has 0 aliphatic carbocycles. The summed E-state index contributed by atoms with van der Waals surface area (Å²) in [5.41, 5.74) is 3.58. The molecule has 0 radical (unpaired) electrons. The van der Waals surface area contributed by atoms with Gasteiger partial charge in [-0.3, -0.25) is 48.2 Å². The monoisotopic (exact) mass is 1180 g/mol. The first-order valence-electron chi connectivity index (χ1n) is 27.7. The van der Waals surface area contributed by atoms with Gasteiger partial charge >= 0.3 is 13.3 Å². The van der Waals surface area contributed by atoms with Crippen molar-refractivity contribution in [2.24, 2.45) is 5.73 Å². The van der Waals surface area contributed by atoms with E-state index in [9.17, 15) is 61.5 Å². The number of benzene rings is 4. The third kappa shape index (κ3) is 15.1. The number of hydrogen-bond acceptors (Lipinski definition) is 11. The number of likely N-dealkylation sites (tertiary alicyclic amines) is 1. The quantitative estimate of drug-likeness (QED) is 0.0137. The standard InChI is InChI=1S/C60H66F2N7O12PS/c1-2-3-24-46(65-57(75)50-33-40-32-41(25-28-49(40)83-50)60(61,62)82(78,79)80)59(77)68-35-42(34-48(68)56(74)64-45(26-29-51(63)70)54(72)67-53(38-18-11-8-12-19-38)39-20-13-9-14-21-39)81-31-15-7-5-4-6-10-17-37-22-16-23-43-44(37)36-69(58(43)76)47-27-30-52(71)66-55(47)73/h8-9,11-14,16,18-23,25,28,32-33,42,45-48,53H,2-7,15,24,26-27,29-31,34-36H2,1H3,(H2,63,70)(H,64,74)(H,65,75)(H,67,72)(H,66,71,73)(H2,78,79,80)/t42-,45+,46+,47?,48+/m1/s1. The fourth-order valence-corrected chi connectivity index (χ4v) is 11.9. The lowest BCUT2D eigenvalue weighted by atomic mass is 9.98. The Morgan fingerprint density at radius 3 is 2.25 bits per heavy atom. The molecule has 0 bridgehead atoms. The van der Waals surface area contributed by atoms with Crippen LogP contribution >= 0.6 is 18.9 Å². The Balaban J connectivity index is 0.941. The van der Waals surface area contributed by atoms with Crippen LogP contribution in [0.15, 0.2) is 103 Å². The maximum atomic E-state index is 14.9. The Morgan fingerprint density at radius 1 is 0.867 bits per heavy atom. The molecule has 19 nitrogen and oxygen atoms in total. The number of fused-ring (bicyclic) bond motifs is 2. The van der Waals surface area contributed by atoms with E-state index in [-0.39, 0.29) is 80.3 Å². The number of hydrogen-bond donors (Lipinski definition) is 7. The molecule has 1 unspecified atom stereocenters. The number of carbonyl (C=O) groups is 8. The van der Waals surface area contributed by atoms with Crippen LogP contribution in [0.2, 0.25) is 0 Å². The van der Waals surface area contributed by atoms with E-state index in [0.717, 1.165) is 59.4 Å². The minimum Gasteiger partial charge on any atom is -0.376 e. The summed E-state index contributed by atoms with van der Waals surface area (Å²) < 4.78 is 47.7. The molecule has 438 valence electrons. The molecule has 4 heterocycles. The van der Waals surface area contributed by atoms with Gasteiger partial charge in [0, 0.05) is 66.8 Å². The van der Waals surface area contributed by atoms with E-state index < -0.39 is 90.6 Å². The zero-order chi connectivity index (χ0) is 59.4. The van der Waals surface area contributed by atoms with Crippen molar-refractivity contribution in [2.45, 2.75) is 139 Å². The third-order valence-electron chi connectivity index (χ3n) is 15.0. The van der Waals surface area contributed by atoms with Gasteiger partial charge in [-0.25, -0.2) is 0 Å². The van der Waals surface area contributed by atoms with Crippen LogP contribution in [0, 0.1) is 11.8 Å². The summed E-state index contributed by atoms with van der Waals surface area (Å²) in [6.45, 7) is 2.32. The van der Waals surface area contributed by atoms with Crippen LogP contribution in [-0.4, -0.2) is 110 Å². The first-order valence-corrected chi connectivity index (χ1v) is 30.1. The summed E-state index contributed by atoms with van der Waals surface area (Å²) in [6.07, 6.45) is 4.11. The van der Waals surface area contributed by atoms with Gasteiger partial charge in [-0.1, -0.05) is 117 Å². The molecule has 4 aromatic carbocycles. The van der Waals surface area contributed by atoms with Crippen molar-refractivity contribution >= 4 is 76.3 Å². The molecule has 3 aliphatic rings. The van der Waals surface area contributed by atoms with E-state index >= 15 is 0 Å². The van der Waals surface area contributed by atoms with Crippen LogP contribution in [0.5, 0.6) is 0 Å². The lowest BCUT2D eigenvalue weighted by molar-refractivity contribution is -0.141. The van der Waals surface area contributed by atoms with Gasteiger partial charge in [0.05, 0.1) is 17.0 Å². The fourth-order valence-electron chi connectivity index (χ4n) is 10.5. The summed E-state index contributed by atoms with van der Waals surface area (Å²) >= 11 is 0.924. The first-order chi connectivity index (χ1) is 39.7. The molecule has 8 amide bonds. The summed E-state index contributed by atoms with van der Waals surface area (Å²) in [4.78, 5) is 129. The van der Waals surface area contributed by atoms with E-state index in [4.69, 9.17) is 10.5 Å². The van der Waals surface area contributed by atoms with E-state index in [1.54, 1.807) is 12.1 Å². The molecule has 83 heavy (non-hydrogen) atoms. The van der Waals surface area contributed by atoms with Crippen molar-refractivity contribution < 1.29 is 66.2 Å². The zero-order valence-corrected chi connectivity index (χ0v) is 47.4. The van der Waals surface area contributed by atoms with Crippen molar-refractivity contribution in [3.05, 3.63) is 141 Å². The van der Waals surface area contributed by atoms with Gasteiger partial charge in [0.1, 0.15) is 24.2 Å². The number of piperidine rings is 1. The number of ether oxygens (including phenoxy) is 1. The van der Waals surface area contributed by atoms with Gasteiger partial charge in [-0.05, 0) is 84.5 Å². The first kappa shape index (κ1) is 61.4. The normalized spacial score (nSPS) is 17.8. The lowest BCUT2D eigenvalue weighted by Crippen LogP contribution is -2.56. The molecular formula is C60H66F2N7O12PS. The molecule has 0 saturated carbocycles. The highest BCUT2D eigenvalue weighted by Gasteiger charge is 2.50. The number of nitrogens with zero attached hydrogens (tertiary/aromatic N) is 2. The topological polar surface area (TPSA) is 284 Å².